The zero-order chi connectivity index (χ0) is 16.2. The van der Waals surface area contributed by atoms with E-state index >= 15 is 0 Å². The molecule has 0 saturated heterocycles. The second kappa shape index (κ2) is 6.44. The molecule has 0 aliphatic rings. The lowest BCUT2D eigenvalue weighted by atomic mass is 10.1. The molecule has 0 saturated carbocycles. The topological polar surface area (TPSA) is 59.8 Å². The molecule has 1 N–H and O–H groups in total. The maximum absolute atomic E-state index is 12.3. The molecule has 0 spiro atoms. The smallest absolute Gasteiger partial charge is 0.255 e. The van der Waals surface area contributed by atoms with Crippen LogP contribution in [0.5, 0.6) is 0 Å². The van der Waals surface area contributed by atoms with Crippen LogP contribution in [-0.4, -0.2) is 20.9 Å². The van der Waals surface area contributed by atoms with E-state index in [1.807, 2.05) is 43.3 Å². The molecule has 5 nitrogen and oxygen atoms in total. The van der Waals surface area contributed by atoms with Crippen molar-refractivity contribution in [3.63, 3.8) is 0 Å². The van der Waals surface area contributed by atoms with Crippen LogP contribution in [-0.2, 0) is 6.42 Å². The minimum atomic E-state index is -0.129. The van der Waals surface area contributed by atoms with E-state index < -0.39 is 0 Å². The zero-order valence-electron chi connectivity index (χ0n) is 13.2. The van der Waals surface area contributed by atoms with Gasteiger partial charge in [-0.15, -0.1) is 5.10 Å². The Hall–Kier alpha value is -2.95. The van der Waals surface area contributed by atoms with Crippen molar-refractivity contribution in [3.8, 4) is 5.69 Å². The Bertz CT molecular complexity index is 804. The predicted octanol–water partition coefficient (Wildman–Crippen LogP) is 3.39. The van der Waals surface area contributed by atoms with Gasteiger partial charge < -0.3 is 5.32 Å². The number of aryl methyl sites for hydroxylation is 2. The van der Waals surface area contributed by atoms with Crippen molar-refractivity contribution in [3.05, 3.63) is 71.5 Å². The summed E-state index contributed by atoms with van der Waals surface area (Å²) >= 11 is 0. The van der Waals surface area contributed by atoms with Gasteiger partial charge in [-0.2, -0.15) is 0 Å². The third-order valence-corrected chi connectivity index (χ3v) is 3.71. The largest absolute Gasteiger partial charge is 0.322 e. The fourth-order valence-electron chi connectivity index (χ4n) is 2.32. The van der Waals surface area contributed by atoms with Crippen LogP contribution in [0.4, 0.5) is 5.69 Å². The normalized spacial score (nSPS) is 10.5. The number of anilines is 1. The lowest BCUT2D eigenvalue weighted by Gasteiger charge is -2.07. The predicted molar refractivity (Wildman–Crippen MR) is 89.9 cm³/mol. The SMILES string of the molecule is CCc1ccc(NC(=O)c2ccc(-n3nncc3C)cc2)cc1. The van der Waals surface area contributed by atoms with Crippen LogP contribution < -0.4 is 5.32 Å². The number of hydrogen-bond acceptors (Lipinski definition) is 3. The number of hydrogen-bond donors (Lipinski definition) is 1. The molecule has 2 aromatic carbocycles. The summed E-state index contributed by atoms with van der Waals surface area (Å²) in [4.78, 5) is 12.3. The van der Waals surface area contributed by atoms with Gasteiger partial charge in [0.1, 0.15) is 0 Å². The number of carbonyl (C=O) groups is 1. The first-order chi connectivity index (χ1) is 11.2. The summed E-state index contributed by atoms with van der Waals surface area (Å²) in [6.07, 6.45) is 2.68. The van der Waals surface area contributed by atoms with Crippen molar-refractivity contribution in [1.29, 1.82) is 0 Å². The molecule has 1 aromatic heterocycles. The molecule has 1 amide bonds. The lowest BCUT2D eigenvalue weighted by molar-refractivity contribution is 0.102. The minimum Gasteiger partial charge on any atom is -0.322 e. The van der Waals surface area contributed by atoms with Crippen LogP contribution in [0.25, 0.3) is 5.69 Å². The van der Waals surface area contributed by atoms with Gasteiger partial charge in [0, 0.05) is 11.3 Å². The summed E-state index contributed by atoms with van der Waals surface area (Å²) in [7, 11) is 0. The van der Waals surface area contributed by atoms with Crippen LogP contribution in [0.15, 0.2) is 54.7 Å². The lowest BCUT2D eigenvalue weighted by Crippen LogP contribution is -2.12. The Kier molecular flexibility index (Phi) is 4.19. The first-order valence-electron chi connectivity index (χ1n) is 7.55. The molecule has 0 fully saturated rings. The molecule has 3 aromatic rings. The second-order valence-electron chi connectivity index (χ2n) is 5.34. The number of benzene rings is 2. The second-order valence-corrected chi connectivity index (χ2v) is 5.34. The van der Waals surface area contributed by atoms with Gasteiger partial charge >= 0.3 is 0 Å². The molecule has 5 heteroatoms. The summed E-state index contributed by atoms with van der Waals surface area (Å²) in [6, 6.07) is 15.2. The number of aromatic nitrogens is 3. The third kappa shape index (κ3) is 3.29. The first kappa shape index (κ1) is 15.0. The number of amides is 1. The maximum Gasteiger partial charge on any atom is 0.255 e. The van der Waals surface area contributed by atoms with Gasteiger partial charge in [0.25, 0.3) is 5.91 Å². The molecule has 0 aliphatic carbocycles. The molecule has 23 heavy (non-hydrogen) atoms. The van der Waals surface area contributed by atoms with Gasteiger partial charge in [0.15, 0.2) is 0 Å². The van der Waals surface area contributed by atoms with Gasteiger partial charge in [0.05, 0.1) is 17.6 Å². The number of nitrogens with one attached hydrogen (secondary N) is 1. The highest BCUT2D eigenvalue weighted by atomic mass is 16.1. The van der Waals surface area contributed by atoms with E-state index in [1.54, 1.807) is 23.0 Å². The Morgan fingerprint density at radius 3 is 2.35 bits per heavy atom. The zero-order valence-corrected chi connectivity index (χ0v) is 13.2. The van der Waals surface area contributed by atoms with E-state index in [0.29, 0.717) is 5.56 Å². The van der Waals surface area contributed by atoms with Gasteiger partial charge in [-0.25, -0.2) is 4.68 Å². The molecule has 1 heterocycles. The standard InChI is InChI=1S/C18H18N4O/c1-3-14-4-8-16(9-5-14)20-18(23)15-6-10-17(11-7-15)22-13(2)12-19-21-22/h4-12H,3H2,1-2H3,(H,20,23). The molecule has 0 aliphatic heterocycles. The number of nitrogens with zero attached hydrogens (tertiary/aromatic N) is 3. The number of carbonyl (C=O) groups excluding carboxylic acids is 1. The van der Waals surface area contributed by atoms with E-state index in [9.17, 15) is 4.79 Å². The minimum absolute atomic E-state index is 0.129. The van der Waals surface area contributed by atoms with Crippen molar-refractivity contribution in [2.24, 2.45) is 0 Å². The van der Waals surface area contributed by atoms with Gasteiger partial charge in [-0.05, 0) is 55.3 Å². The van der Waals surface area contributed by atoms with E-state index in [2.05, 4.69) is 22.6 Å². The van der Waals surface area contributed by atoms with Crippen LogP contribution in [0.2, 0.25) is 0 Å². The van der Waals surface area contributed by atoms with Crippen LogP contribution in [0, 0.1) is 6.92 Å². The van der Waals surface area contributed by atoms with Crippen molar-refractivity contribution in [1.82, 2.24) is 15.0 Å². The van der Waals surface area contributed by atoms with E-state index in [0.717, 1.165) is 23.5 Å². The summed E-state index contributed by atoms with van der Waals surface area (Å²) in [5, 5.41) is 10.8. The number of rotatable bonds is 4. The fraction of sp³-hybridized carbons (Fsp3) is 0.167. The van der Waals surface area contributed by atoms with E-state index in [4.69, 9.17) is 0 Å². The van der Waals surface area contributed by atoms with Crippen LogP contribution in [0.1, 0.15) is 28.5 Å². The average Bonchev–Trinajstić information content (AvgIpc) is 3.02. The molecule has 3 rings (SSSR count). The quantitative estimate of drug-likeness (QED) is 0.803. The van der Waals surface area contributed by atoms with Crippen molar-refractivity contribution >= 4 is 11.6 Å². The molecule has 0 bridgehead atoms. The molecule has 0 radical (unpaired) electrons. The molecular weight excluding hydrogens is 288 g/mol. The summed E-state index contributed by atoms with van der Waals surface area (Å²) in [5.41, 5.74) is 4.46. The highest BCUT2D eigenvalue weighted by Gasteiger charge is 2.07. The van der Waals surface area contributed by atoms with Crippen molar-refractivity contribution in [2.75, 3.05) is 5.32 Å². The Morgan fingerprint density at radius 1 is 1.09 bits per heavy atom. The fourth-order valence-corrected chi connectivity index (χ4v) is 2.32. The monoisotopic (exact) mass is 306 g/mol. The summed E-state index contributed by atoms with van der Waals surface area (Å²) < 4.78 is 1.73. The van der Waals surface area contributed by atoms with Gasteiger partial charge in [0.2, 0.25) is 0 Å². The highest BCUT2D eigenvalue weighted by molar-refractivity contribution is 6.04. The highest BCUT2D eigenvalue weighted by Crippen LogP contribution is 2.14. The third-order valence-electron chi connectivity index (χ3n) is 3.71. The van der Waals surface area contributed by atoms with Crippen LogP contribution >= 0.6 is 0 Å². The summed E-state index contributed by atoms with van der Waals surface area (Å²) in [6.45, 7) is 4.03. The Morgan fingerprint density at radius 2 is 1.78 bits per heavy atom. The van der Waals surface area contributed by atoms with Crippen LogP contribution in [0.3, 0.4) is 0 Å². The Labute approximate surface area is 135 Å². The van der Waals surface area contributed by atoms with E-state index in [-0.39, 0.29) is 5.91 Å². The molecular formula is C18H18N4O. The molecule has 0 atom stereocenters. The van der Waals surface area contributed by atoms with Crippen molar-refractivity contribution in [2.45, 2.75) is 20.3 Å². The summed E-state index contributed by atoms with van der Waals surface area (Å²) in [5.74, 6) is -0.129. The Balaban J connectivity index is 1.73. The van der Waals surface area contributed by atoms with Crippen molar-refractivity contribution < 1.29 is 4.79 Å². The molecule has 0 unspecified atom stereocenters. The molecule has 116 valence electrons. The first-order valence-corrected chi connectivity index (χ1v) is 7.55. The maximum atomic E-state index is 12.3. The average molecular weight is 306 g/mol. The van der Waals surface area contributed by atoms with Gasteiger partial charge in [-0.1, -0.05) is 24.3 Å². The van der Waals surface area contributed by atoms with E-state index in [1.165, 1.54) is 5.56 Å². The van der Waals surface area contributed by atoms with Gasteiger partial charge in [-0.3, -0.25) is 4.79 Å².